The molecule has 0 spiro atoms. The molecule has 1 fully saturated rings. The van der Waals surface area contributed by atoms with Crippen molar-refractivity contribution >= 4 is 27.3 Å². The molecule has 4 heterocycles. The van der Waals surface area contributed by atoms with Crippen molar-refractivity contribution in [1.29, 1.82) is 0 Å². The first kappa shape index (κ1) is 21.2. The van der Waals surface area contributed by atoms with Crippen LogP contribution in [0.5, 0.6) is 0 Å². The zero-order valence-electron chi connectivity index (χ0n) is 17.4. The van der Waals surface area contributed by atoms with Crippen LogP contribution in [0.3, 0.4) is 0 Å². The lowest BCUT2D eigenvalue weighted by Gasteiger charge is -2.33. The van der Waals surface area contributed by atoms with E-state index in [1.807, 2.05) is 6.92 Å². The summed E-state index contributed by atoms with van der Waals surface area (Å²) in [4.78, 5) is 36.6. The summed E-state index contributed by atoms with van der Waals surface area (Å²) in [6, 6.07) is 4.95. The molecule has 2 amide bonds. The summed E-state index contributed by atoms with van der Waals surface area (Å²) in [5, 5.41) is 7.66. The van der Waals surface area contributed by atoms with Crippen molar-refractivity contribution in [3.63, 3.8) is 0 Å². The molecule has 2 aromatic rings. The van der Waals surface area contributed by atoms with Crippen LogP contribution in [-0.4, -0.2) is 72.1 Å². The van der Waals surface area contributed by atoms with E-state index in [0.29, 0.717) is 38.2 Å². The van der Waals surface area contributed by atoms with Crippen LogP contribution in [0.2, 0.25) is 0 Å². The zero-order chi connectivity index (χ0) is 22.0. The SMILES string of the molecule is CC1=NOC(C(=O)N2CCC(S(C)(=O)=NC(=O)c3cccnc3-n3cccn3)CC2)C1. The van der Waals surface area contributed by atoms with Gasteiger partial charge in [0.25, 0.3) is 11.8 Å². The molecule has 2 aliphatic rings. The summed E-state index contributed by atoms with van der Waals surface area (Å²) in [5.74, 6) is -0.351. The van der Waals surface area contributed by atoms with Gasteiger partial charge in [-0.15, -0.1) is 0 Å². The molecule has 2 aromatic heterocycles. The summed E-state index contributed by atoms with van der Waals surface area (Å²) in [7, 11) is -2.82. The fraction of sp³-hybridized carbons (Fsp3) is 0.450. The number of carbonyl (C=O) groups excluding carboxylic acids is 2. The largest absolute Gasteiger partial charge is 0.382 e. The predicted molar refractivity (Wildman–Crippen MR) is 114 cm³/mol. The van der Waals surface area contributed by atoms with E-state index in [2.05, 4.69) is 19.6 Å². The van der Waals surface area contributed by atoms with Gasteiger partial charge >= 0.3 is 0 Å². The second-order valence-electron chi connectivity index (χ2n) is 7.73. The molecule has 1 saturated heterocycles. The summed E-state index contributed by atoms with van der Waals surface area (Å²) in [6.07, 6.45) is 7.26. The van der Waals surface area contributed by atoms with E-state index in [9.17, 15) is 13.8 Å². The summed E-state index contributed by atoms with van der Waals surface area (Å²) in [5.41, 5.74) is 1.04. The highest BCUT2D eigenvalue weighted by atomic mass is 32.2. The number of oxime groups is 1. The highest BCUT2D eigenvalue weighted by Gasteiger charge is 2.34. The highest BCUT2D eigenvalue weighted by molar-refractivity contribution is 7.93. The van der Waals surface area contributed by atoms with E-state index in [4.69, 9.17) is 4.84 Å². The lowest BCUT2D eigenvalue weighted by atomic mass is 10.1. The van der Waals surface area contributed by atoms with Crippen molar-refractivity contribution in [2.24, 2.45) is 9.52 Å². The van der Waals surface area contributed by atoms with Gasteiger partial charge in [-0.3, -0.25) is 9.59 Å². The maximum absolute atomic E-state index is 13.3. The molecule has 2 unspecified atom stereocenters. The maximum atomic E-state index is 13.3. The zero-order valence-corrected chi connectivity index (χ0v) is 18.2. The number of hydrogen-bond donors (Lipinski definition) is 0. The van der Waals surface area contributed by atoms with Gasteiger partial charge in [0, 0.05) is 49.6 Å². The van der Waals surface area contributed by atoms with Crippen LogP contribution in [0.1, 0.15) is 36.5 Å². The summed E-state index contributed by atoms with van der Waals surface area (Å²) < 4.78 is 18.9. The average molecular weight is 445 g/mol. The Hall–Kier alpha value is -3.08. The van der Waals surface area contributed by atoms with E-state index in [0.717, 1.165) is 5.71 Å². The lowest BCUT2D eigenvalue weighted by Crippen LogP contribution is -2.46. The molecule has 2 atom stereocenters. The molecule has 31 heavy (non-hydrogen) atoms. The van der Waals surface area contributed by atoms with E-state index < -0.39 is 21.7 Å². The van der Waals surface area contributed by atoms with Crippen LogP contribution >= 0.6 is 0 Å². The Morgan fingerprint density at radius 3 is 2.65 bits per heavy atom. The van der Waals surface area contributed by atoms with Crippen LogP contribution in [0, 0.1) is 0 Å². The fourth-order valence-electron chi connectivity index (χ4n) is 3.77. The topological polar surface area (TPSA) is 119 Å². The number of carbonyl (C=O) groups is 2. The molecule has 11 heteroatoms. The maximum Gasteiger partial charge on any atom is 0.288 e. The monoisotopic (exact) mass is 444 g/mol. The Balaban J connectivity index is 1.45. The number of aromatic nitrogens is 3. The first-order chi connectivity index (χ1) is 14.8. The molecular formula is C20H24N6O4S. The minimum absolute atomic E-state index is 0.103. The van der Waals surface area contributed by atoms with Crippen molar-refractivity contribution in [1.82, 2.24) is 19.7 Å². The van der Waals surface area contributed by atoms with Gasteiger partial charge in [-0.2, -0.15) is 9.46 Å². The van der Waals surface area contributed by atoms with Gasteiger partial charge in [-0.25, -0.2) is 13.9 Å². The van der Waals surface area contributed by atoms with Gasteiger partial charge in [0.2, 0.25) is 6.10 Å². The number of amides is 2. The van der Waals surface area contributed by atoms with Crippen LogP contribution in [0.15, 0.2) is 46.3 Å². The van der Waals surface area contributed by atoms with Gasteiger partial charge < -0.3 is 9.74 Å². The minimum Gasteiger partial charge on any atom is -0.382 e. The smallest absolute Gasteiger partial charge is 0.288 e. The quantitative estimate of drug-likeness (QED) is 0.707. The molecule has 0 saturated carbocycles. The number of likely N-dealkylation sites (tertiary alicyclic amines) is 1. The van der Waals surface area contributed by atoms with E-state index >= 15 is 0 Å². The number of pyridine rings is 1. The number of piperidine rings is 1. The first-order valence-corrected chi connectivity index (χ1v) is 12.0. The van der Waals surface area contributed by atoms with Crippen LogP contribution in [0.25, 0.3) is 5.82 Å². The standard InChI is InChI=1S/C20H24N6O4S/c1-14-13-17(30-23-14)20(28)25-11-6-15(7-12-25)31(2,29)24-19(27)16-5-3-8-21-18(16)26-10-4-9-22-26/h3-5,8-10,15,17H,6-7,11-13H2,1-2H3. The van der Waals surface area contributed by atoms with Crippen molar-refractivity contribution in [2.45, 2.75) is 37.5 Å². The van der Waals surface area contributed by atoms with Crippen molar-refractivity contribution in [2.75, 3.05) is 19.3 Å². The molecule has 0 radical (unpaired) electrons. The van der Waals surface area contributed by atoms with Gasteiger partial charge in [-0.1, -0.05) is 5.16 Å². The number of hydrogen-bond acceptors (Lipinski definition) is 7. The van der Waals surface area contributed by atoms with Gasteiger partial charge in [-0.05, 0) is 38.0 Å². The predicted octanol–water partition coefficient (Wildman–Crippen LogP) is 1.66. The highest BCUT2D eigenvalue weighted by Crippen LogP contribution is 2.23. The molecule has 4 rings (SSSR count). The molecular weight excluding hydrogens is 420 g/mol. The van der Waals surface area contributed by atoms with E-state index in [1.54, 1.807) is 41.7 Å². The van der Waals surface area contributed by atoms with E-state index in [-0.39, 0.29) is 16.7 Å². The van der Waals surface area contributed by atoms with Gasteiger partial charge in [0.05, 0.1) is 21.0 Å². The van der Waals surface area contributed by atoms with Crippen molar-refractivity contribution in [3.8, 4) is 5.82 Å². The van der Waals surface area contributed by atoms with Crippen LogP contribution in [-0.2, 0) is 19.4 Å². The second-order valence-corrected chi connectivity index (χ2v) is 10.3. The van der Waals surface area contributed by atoms with Crippen molar-refractivity contribution in [3.05, 3.63) is 42.4 Å². The Kier molecular flexibility index (Phi) is 5.86. The van der Waals surface area contributed by atoms with Gasteiger partial charge in [0.15, 0.2) is 5.82 Å². The number of rotatable bonds is 4. The Labute approximate surface area is 180 Å². The van der Waals surface area contributed by atoms with Crippen molar-refractivity contribution < 1.29 is 18.6 Å². The molecule has 164 valence electrons. The first-order valence-electron chi connectivity index (χ1n) is 10.0. The Morgan fingerprint density at radius 2 is 2.00 bits per heavy atom. The van der Waals surface area contributed by atoms with Crippen LogP contribution < -0.4 is 0 Å². The minimum atomic E-state index is -2.82. The van der Waals surface area contributed by atoms with E-state index in [1.165, 1.54) is 10.9 Å². The Bertz CT molecular complexity index is 1130. The van der Waals surface area contributed by atoms with Crippen LogP contribution in [0.4, 0.5) is 0 Å². The third-order valence-corrected chi connectivity index (χ3v) is 7.70. The average Bonchev–Trinajstić information content (AvgIpc) is 3.45. The Morgan fingerprint density at radius 1 is 1.23 bits per heavy atom. The molecule has 0 N–H and O–H groups in total. The van der Waals surface area contributed by atoms with Gasteiger partial charge in [0.1, 0.15) is 0 Å². The molecule has 10 nitrogen and oxygen atoms in total. The summed E-state index contributed by atoms with van der Waals surface area (Å²) >= 11 is 0. The third kappa shape index (κ3) is 4.50. The molecule has 2 aliphatic heterocycles. The summed E-state index contributed by atoms with van der Waals surface area (Å²) in [6.45, 7) is 2.72. The second kappa shape index (κ2) is 8.58. The molecule has 0 bridgehead atoms. The fourth-order valence-corrected chi connectivity index (χ4v) is 5.44. The third-order valence-electron chi connectivity index (χ3n) is 5.47. The number of nitrogens with zero attached hydrogens (tertiary/aromatic N) is 6. The normalized spacial score (nSPS) is 21.2. The lowest BCUT2D eigenvalue weighted by molar-refractivity contribution is -0.142. The molecule has 0 aromatic carbocycles. The molecule has 0 aliphatic carbocycles.